The van der Waals surface area contributed by atoms with Crippen LogP contribution >= 0.6 is 11.3 Å². The lowest BCUT2D eigenvalue weighted by atomic mass is 9.94. The molecule has 2 aliphatic rings. The van der Waals surface area contributed by atoms with Crippen molar-refractivity contribution in [3.8, 4) is 11.1 Å². The summed E-state index contributed by atoms with van der Waals surface area (Å²) < 4.78 is 90.8. The molecule has 2 aliphatic carbocycles. The van der Waals surface area contributed by atoms with E-state index < -0.39 is 71.3 Å². The summed E-state index contributed by atoms with van der Waals surface area (Å²) in [6.45, 7) is 4.48. The Morgan fingerprint density at radius 3 is 2.52 bits per heavy atom. The minimum atomic E-state index is -3.44. The second-order valence-corrected chi connectivity index (χ2v) is 15.6. The number of aryl methyl sites for hydroxylation is 2. The van der Waals surface area contributed by atoms with E-state index in [1.165, 1.54) is 11.3 Å². The van der Waals surface area contributed by atoms with Gasteiger partial charge in [-0.15, -0.1) is 0 Å². The lowest BCUT2D eigenvalue weighted by molar-refractivity contribution is -0.123. The van der Waals surface area contributed by atoms with Crippen LogP contribution in [0, 0.1) is 24.5 Å². The number of amides is 1. The van der Waals surface area contributed by atoms with Crippen LogP contribution < -0.4 is 10.6 Å². The Morgan fingerprint density at radius 1 is 1.07 bits per heavy atom. The lowest BCUT2D eigenvalue weighted by Gasteiger charge is -2.23. The van der Waals surface area contributed by atoms with Crippen LogP contribution in [0.5, 0.6) is 0 Å². The van der Waals surface area contributed by atoms with Crippen molar-refractivity contribution in [3.63, 3.8) is 0 Å². The summed E-state index contributed by atoms with van der Waals surface area (Å²) in [5, 5.41) is 25.9. The van der Waals surface area contributed by atoms with Gasteiger partial charge in [0.2, 0.25) is 5.91 Å². The molecule has 3 atom stereocenters. The number of rotatable bonds is 11. The molecule has 1 fully saturated rings. The highest BCUT2D eigenvalue weighted by atomic mass is 32.1. The smallest absolute Gasteiger partial charge is 0.293 e. The van der Waals surface area contributed by atoms with E-state index >= 15 is 8.78 Å². The Balaban J connectivity index is 1.26. The molecule has 4 aromatic heterocycles. The number of aliphatic hydroxyl groups is 1. The molecule has 8 rings (SSSR count). The van der Waals surface area contributed by atoms with Gasteiger partial charge >= 0.3 is 0 Å². The van der Waals surface area contributed by atoms with Gasteiger partial charge in [-0.2, -0.15) is 19.0 Å². The summed E-state index contributed by atoms with van der Waals surface area (Å²) in [6.07, 6.45) is -3.26. The number of halogens is 6. The maximum absolute atomic E-state index is 15.4. The van der Waals surface area contributed by atoms with Crippen molar-refractivity contribution in [3.05, 3.63) is 88.0 Å². The predicted octanol–water partition coefficient (Wildman–Crippen LogP) is 7.46. The van der Waals surface area contributed by atoms with Crippen molar-refractivity contribution in [2.24, 2.45) is 13.0 Å². The minimum Gasteiger partial charge on any atom is -0.389 e. The summed E-state index contributed by atoms with van der Waals surface area (Å²) in [7, 11) is 1.78. The number of hydrogen-bond donors (Lipinski definition) is 3. The fourth-order valence-corrected chi connectivity index (χ4v) is 8.43. The number of hydrogen-bond acceptors (Lipinski definition) is 8. The molecule has 2 aromatic carbocycles. The first-order chi connectivity index (χ1) is 25.5. The molecule has 6 aromatic rings. The van der Waals surface area contributed by atoms with E-state index in [4.69, 9.17) is 4.98 Å². The summed E-state index contributed by atoms with van der Waals surface area (Å²) in [5.74, 6) is -7.89. The Kier molecular flexibility index (Phi) is 8.52. The first kappa shape index (κ1) is 36.0. The van der Waals surface area contributed by atoms with Crippen LogP contribution in [0.4, 0.5) is 31.5 Å². The molecular weight excluding hydrogens is 735 g/mol. The maximum Gasteiger partial charge on any atom is 0.293 e. The zero-order chi connectivity index (χ0) is 38.4. The van der Waals surface area contributed by atoms with Crippen molar-refractivity contribution in [2.45, 2.75) is 70.1 Å². The number of carbonyl (C=O) groups excluding carboxylic acids is 1. The third kappa shape index (κ3) is 6.36. The first-order valence-electron chi connectivity index (χ1n) is 17.2. The molecule has 0 saturated heterocycles. The van der Waals surface area contributed by atoms with Gasteiger partial charge in [0, 0.05) is 47.7 Å². The lowest BCUT2D eigenvalue weighted by Crippen LogP contribution is -2.35. The number of nitrogens with one attached hydrogen (secondary N) is 2. The zero-order valence-electron chi connectivity index (χ0n) is 29.4. The molecule has 0 spiro atoms. The van der Waals surface area contributed by atoms with Gasteiger partial charge in [-0.1, -0.05) is 29.5 Å². The van der Waals surface area contributed by atoms with E-state index in [1.54, 1.807) is 25.6 Å². The van der Waals surface area contributed by atoms with Gasteiger partial charge in [-0.3, -0.25) is 14.2 Å². The Bertz CT molecular complexity index is 2450. The highest BCUT2D eigenvalue weighted by Gasteiger charge is 2.67. The monoisotopic (exact) mass is 768 g/mol. The number of fused-ring (bicyclic) bond motifs is 5. The second kappa shape index (κ2) is 12.8. The van der Waals surface area contributed by atoms with Crippen LogP contribution in [0.2, 0.25) is 0 Å². The van der Waals surface area contributed by atoms with E-state index in [0.29, 0.717) is 31.7 Å². The van der Waals surface area contributed by atoms with E-state index in [9.17, 15) is 27.5 Å². The van der Waals surface area contributed by atoms with Crippen molar-refractivity contribution < 1.29 is 36.2 Å². The molecule has 54 heavy (non-hydrogen) atoms. The van der Waals surface area contributed by atoms with Crippen molar-refractivity contribution in [1.29, 1.82) is 0 Å². The van der Waals surface area contributed by atoms with Crippen molar-refractivity contribution in [1.82, 2.24) is 34.8 Å². The summed E-state index contributed by atoms with van der Waals surface area (Å²) in [5.41, 5.74) is 0.602. The average Bonchev–Trinajstić information content (AvgIpc) is 3.38. The number of alkyl halides is 4. The number of anilines is 1. The SMILES string of the molecule is Cc1nn(C)c2c(-c3cc4sc(NCC(C)(C)O)nc4nc3[C@H](Cc3cc(F)cc(F)c3)NC(=O)Cn3nc(C(F)F)c4c3C(F)(F)[C@@H]3C[C@H]43)cccc12. The van der Waals surface area contributed by atoms with Crippen LogP contribution in [0.25, 0.3) is 32.4 Å². The number of para-hydroxylation sites is 1. The Hall–Kier alpha value is -5.03. The molecule has 3 N–H and O–H groups in total. The van der Waals surface area contributed by atoms with Crippen LogP contribution in [0.3, 0.4) is 0 Å². The summed E-state index contributed by atoms with van der Waals surface area (Å²) in [6, 6.07) is 9.19. The zero-order valence-corrected chi connectivity index (χ0v) is 30.2. The number of pyridine rings is 1. The van der Waals surface area contributed by atoms with Crippen molar-refractivity contribution >= 4 is 43.6 Å². The van der Waals surface area contributed by atoms with E-state index in [2.05, 4.69) is 25.8 Å². The van der Waals surface area contributed by atoms with Crippen LogP contribution in [-0.4, -0.2) is 52.7 Å². The molecular formula is C37H34F6N8O2S. The van der Waals surface area contributed by atoms with Gasteiger partial charge in [0.1, 0.15) is 29.6 Å². The Labute approximate surface area is 308 Å². The molecule has 0 radical (unpaired) electrons. The minimum absolute atomic E-state index is 0.0648. The van der Waals surface area contributed by atoms with Gasteiger partial charge in [0.05, 0.1) is 33.2 Å². The fourth-order valence-electron chi connectivity index (χ4n) is 7.59. The van der Waals surface area contributed by atoms with Gasteiger partial charge in [-0.05, 0) is 63.3 Å². The maximum atomic E-state index is 15.4. The number of aromatic nitrogens is 6. The highest BCUT2D eigenvalue weighted by Crippen LogP contribution is 2.68. The molecule has 0 bridgehead atoms. The molecule has 0 aliphatic heterocycles. The highest BCUT2D eigenvalue weighted by molar-refractivity contribution is 7.22. The third-order valence-corrected chi connectivity index (χ3v) is 10.9. The van der Waals surface area contributed by atoms with E-state index in [1.807, 2.05) is 31.2 Å². The predicted molar refractivity (Wildman–Crippen MR) is 190 cm³/mol. The van der Waals surface area contributed by atoms with Gasteiger partial charge in [0.15, 0.2) is 10.8 Å². The molecule has 1 saturated carbocycles. The standard InChI is InChI=1S/C37H34F6N8O2S/c1-16-20-6-5-7-21(31(20)50(4)48-16)22-13-26-34(47-35(54-26)44-15-36(2,3)53)46-29(22)25(10-17-8-18(38)11-19(39)9-17)45-27(52)14-51-32-28(30(49-51)33(40)41)23-12-24(23)37(32,42)43/h5-9,11,13,23-25,33,53H,10,12,14-15H2,1-4H3,(H,45,52)(H,44,46,47)/t23-,24+,25-/m0/s1. The molecule has 17 heteroatoms. The largest absolute Gasteiger partial charge is 0.389 e. The number of nitrogens with zero attached hydrogens (tertiary/aromatic N) is 6. The van der Waals surface area contributed by atoms with Gasteiger partial charge in [0.25, 0.3) is 12.3 Å². The quantitative estimate of drug-likeness (QED) is 0.117. The van der Waals surface area contributed by atoms with Gasteiger partial charge in [-0.25, -0.2) is 27.5 Å². The topological polar surface area (TPSA) is 123 Å². The second-order valence-electron chi connectivity index (χ2n) is 14.6. The average molecular weight is 769 g/mol. The molecule has 4 heterocycles. The van der Waals surface area contributed by atoms with Crippen LogP contribution in [0.1, 0.15) is 72.6 Å². The molecule has 282 valence electrons. The number of benzene rings is 2. The number of carbonyl (C=O) groups is 1. The van der Waals surface area contributed by atoms with Crippen LogP contribution in [0.15, 0.2) is 42.5 Å². The fraction of sp³-hybridized carbons (Fsp3) is 0.378. The molecule has 10 nitrogen and oxygen atoms in total. The third-order valence-electron chi connectivity index (χ3n) is 9.91. The summed E-state index contributed by atoms with van der Waals surface area (Å²) >= 11 is 1.28. The van der Waals surface area contributed by atoms with E-state index in [0.717, 1.165) is 28.7 Å². The Morgan fingerprint density at radius 2 is 1.81 bits per heavy atom. The van der Waals surface area contributed by atoms with Crippen molar-refractivity contribution in [2.75, 3.05) is 11.9 Å². The first-order valence-corrected chi connectivity index (χ1v) is 18.0. The van der Waals surface area contributed by atoms with E-state index in [-0.39, 0.29) is 41.9 Å². The van der Waals surface area contributed by atoms with Crippen LogP contribution in [-0.2, 0) is 30.7 Å². The molecule has 1 amide bonds. The summed E-state index contributed by atoms with van der Waals surface area (Å²) in [4.78, 5) is 23.4. The van der Waals surface area contributed by atoms with Gasteiger partial charge < -0.3 is 15.7 Å². The molecule has 0 unspecified atom stereocenters. The number of thiazole rings is 1. The normalized spacial score (nSPS) is 18.0.